The zero-order chi connectivity index (χ0) is 10.1. The van der Waals surface area contributed by atoms with Gasteiger partial charge in [-0.3, -0.25) is 0 Å². The molecule has 0 fully saturated rings. The summed E-state index contributed by atoms with van der Waals surface area (Å²) >= 11 is 7.79. The second kappa shape index (κ2) is 3.92. The van der Waals surface area contributed by atoms with E-state index >= 15 is 0 Å². The van der Waals surface area contributed by atoms with Gasteiger partial charge in [-0.05, 0) is 46.9 Å². The molecule has 0 saturated carbocycles. The third kappa shape index (κ3) is 1.45. The fourth-order valence-corrected chi connectivity index (χ4v) is 3.26. The van der Waals surface area contributed by atoms with Crippen LogP contribution in [0.15, 0.2) is 17.5 Å². The average molecular weight is 225 g/mol. The lowest BCUT2D eigenvalue weighted by atomic mass is 9.99. The summed E-state index contributed by atoms with van der Waals surface area (Å²) < 4.78 is 1.36. The number of thiophene rings is 1. The lowest BCUT2D eigenvalue weighted by molar-refractivity contribution is 1.10. The monoisotopic (exact) mass is 224 g/mol. The Kier molecular flexibility index (Phi) is 2.80. The molecule has 2 rings (SSSR count). The minimum absolute atomic E-state index is 0.622. The van der Waals surface area contributed by atoms with Gasteiger partial charge in [-0.25, -0.2) is 0 Å². The topological polar surface area (TPSA) is 0 Å². The van der Waals surface area contributed by atoms with E-state index in [1.54, 1.807) is 11.3 Å². The molecule has 0 saturated heterocycles. The van der Waals surface area contributed by atoms with Crippen LogP contribution >= 0.6 is 22.9 Å². The molecule has 0 amide bonds. The van der Waals surface area contributed by atoms with Crippen LogP contribution in [-0.2, 0) is 12.3 Å². The number of halogens is 1. The molecule has 0 nitrogen and oxygen atoms in total. The number of rotatable bonds is 2. The zero-order valence-corrected chi connectivity index (χ0v) is 10.0. The molecule has 0 aliphatic rings. The molecule has 0 radical (unpaired) electrons. The number of alkyl halides is 1. The minimum Gasteiger partial charge on any atom is -0.143 e. The van der Waals surface area contributed by atoms with Gasteiger partial charge in [-0.2, -0.15) is 0 Å². The Hall–Kier alpha value is -0.530. The molecule has 0 unspecified atom stereocenters. The van der Waals surface area contributed by atoms with Gasteiger partial charge in [0.25, 0.3) is 0 Å². The van der Waals surface area contributed by atoms with Crippen LogP contribution in [0.3, 0.4) is 0 Å². The van der Waals surface area contributed by atoms with Crippen LogP contribution in [0.2, 0.25) is 0 Å². The molecule has 0 aliphatic heterocycles. The molecule has 2 aromatic rings. The Morgan fingerprint density at radius 2 is 2.21 bits per heavy atom. The molecule has 1 heterocycles. The molecule has 0 atom stereocenters. The van der Waals surface area contributed by atoms with Crippen LogP contribution in [-0.4, -0.2) is 0 Å². The highest BCUT2D eigenvalue weighted by Gasteiger charge is 2.08. The van der Waals surface area contributed by atoms with Crippen LogP contribution in [0, 0.1) is 6.92 Å². The zero-order valence-electron chi connectivity index (χ0n) is 8.43. The quantitative estimate of drug-likeness (QED) is 0.659. The number of aryl methyl sites for hydroxylation is 1. The maximum Gasteiger partial charge on any atom is 0.0491 e. The van der Waals surface area contributed by atoms with Crippen LogP contribution < -0.4 is 0 Å². The highest BCUT2D eigenvalue weighted by atomic mass is 35.5. The van der Waals surface area contributed by atoms with Crippen molar-refractivity contribution in [1.29, 1.82) is 0 Å². The minimum atomic E-state index is 0.622. The molecule has 1 aromatic heterocycles. The second-order valence-electron chi connectivity index (χ2n) is 3.47. The smallest absolute Gasteiger partial charge is 0.0491 e. The molecule has 0 bridgehead atoms. The number of fused-ring (bicyclic) bond motifs is 1. The predicted molar refractivity (Wildman–Crippen MR) is 65.5 cm³/mol. The first-order chi connectivity index (χ1) is 6.77. The number of hydrogen-bond donors (Lipinski definition) is 0. The molecule has 0 N–H and O–H groups in total. The summed E-state index contributed by atoms with van der Waals surface area (Å²) in [7, 11) is 0. The Morgan fingerprint density at radius 3 is 2.86 bits per heavy atom. The van der Waals surface area contributed by atoms with Crippen molar-refractivity contribution in [2.45, 2.75) is 26.1 Å². The molecule has 0 aliphatic carbocycles. The van der Waals surface area contributed by atoms with E-state index in [0.29, 0.717) is 5.88 Å². The van der Waals surface area contributed by atoms with Gasteiger partial charge in [0.1, 0.15) is 0 Å². The van der Waals surface area contributed by atoms with Gasteiger partial charge in [-0.15, -0.1) is 22.9 Å². The third-order valence-corrected chi connectivity index (χ3v) is 4.01. The highest BCUT2D eigenvalue weighted by molar-refractivity contribution is 7.17. The van der Waals surface area contributed by atoms with E-state index in [4.69, 9.17) is 11.6 Å². The van der Waals surface area contributed by atoms with E-state index in [1.807, 2.05) is 0 Å². The molecule has 0 spiro atoms. The number of hydrogen-bond acceptors (Lipinski definition) is 1. The maximum absolute atomic E-state index is 6.00. The molecular formula is C12H13ClS. The Labute approximate surface area is 93.5 Å². The second-order valence-corrected chi connectivity index (χ2v) is 4.65. The van der Waals surface area contributed by atoms with E-state index < -0.39 is 0 Å². The van der Waals surface area contributed by atoms with Crippen LogP contribution in [0.5, 0.6) is 0 Å². The summed E-state index contributed by atoms with van der Waals surface area (Å²) in [5.74, 6) is 0.622. The maximum atomic E-state index is 6.00. The molecule has 14 heavy (non-hydrogen) atoms. The summed E-state index contributed by atoms with van der Waals surface area (Å²) in [6.07, 6.45) is 1.08. The Morgan fingerprint density at radius 1 is 1.43 bits per heavy atom. The first-order valence-corrected chi connectivity index (χ1v) is 6.23. The van der Waals surface area contributed by atoms with Crippen molar-refractivity contribution in [2.24, 2.45) is 0 Å². The van der Waals surface area contributed by atoms with Crippen molar-refractivity contribution in [3.05, 3.63) is 34.2 Å². The van der Waals surface area contributed by atoms with E-state index in [0.717, 1.165) is 6.42 Å². The molecule has 1 aromatic carbocycles. The van der Waals surface area contributed by atoms with Crippen molar-refractivity contribution in [3.8, 4) is 0 Å². The van der Waals surface area contributed by atoms with E-state index in [2.05, 4.69) is 31.4 Å². The summed E-state index contributed by atoms with van der Waals surface area (Å²) in [5.41, 5.74) is 4.11. The van der Waals surface area contributed by atoms with Gasteiger partial charge in [0.2, 0.25) is 0 Å². The van der Waals surface area contributed by atoms with E-state index in [9.17, 15) is 0 Å². The standard InChI is InChI=1S/C12H13ClS/c1-3-9-6-10-4-5-14-12(10)11(7-13)8(9)2/h4-6H,3,7H2,1-2H3. The van der Waals surface area contributed by atoms with Gasteiger partial charge in [0.05, 0.1) is 0 Å². The normalized spacial score (nSPS) is 11.1. The molecule has 74 valence electrons. The highest BCUT2D eigenvalue weighted by Crippen LogP contribution is 2.31. The van der Waals surface area contributed by atoms with Gasteiger partial charge in [-0.1, -0.05) is 13.0 Å². The van der Waals surface area contributed by atoms with Crippen molar-refractivity contribution < 1.29 is 0 Å². The fourth-order valence-electron chi connectivity index (χ4n) is 1.87. The third-order valence-electron chi connectivity index (χ3n) is 2.75. The van der Waals surface area contributed by atoms with Crippen molar-refractivity contribution >= 4 is 33.0 Å². The van der Waals surface area contributed by atoms with E-state index in [-0.39, 0.29) is 0 Å². The largest absolute Gasteiger partial charge is 0.143 e. The first kappa shape index (κ1) is 10.0. The van der Waals surface area contributed by atoms with Crippen LogP contribution in [0.4, 0.5) is 0 Å². The van der Waals surface area contributed by atoms with E-state index in [1.165, 1.54) is 26.8 Å². The SMILES string of the molecule is CCc1cc2ccsc2c(CCl)c1C. The average Bonchev–Trinajstić information content (AvgIpc) is 2.64. The molecule has 2 heteroatoms. The van der Waals surface area contributed by atoms with Crippen LogP contribution in [0.25, 0.3) is 10.1 Å². The van der Waals surface area contributed by atoms with Gasteiger partial charge >= 0.3 is 0 Å². The van der Waals surface area contributed by atoms with Gasteiger partial charge in [0, 0.05) is 10.6 Å². The van der Waals surface area contributed by atoms with Crippen LogP contribution in [0.1, 0.15) is 23.6 Å². The lowest BCUT2D eigenvalue weighted by Gasteiger charge is -2.09. The summed E-state index contributed by atoms with van der Waals surface area (Å²) in [6, 6.07) is 4.46. The Bertz CT molecular complexity index is 457. The molecular weight excluding hydrogens is 212 g/mol. The van der Waals surface area contributed by atoms with Gasteiger partial charge in [0.15, 0.2) is 0 Å². The first-order valence-electron chi connectivity index (χ1n) is 4.82. The fraction of sp³-hybridized carbons (Fsp3) is 0.333. The van der Waals surface area contributed by atoms with Crippen molar-refractivity contribution in [1.82, 2.24) is 0 Å². The summed E-state index contributed by atoms with van der Waals surface area (Å²) in [5, 5.41) is 3.48. The summed E-state index contributed by atoms with van der Waals surface area (Å²) in [4.78, 5) is 0. The van der Waals surface area contributed by atoms with Crippen molar-refractivity contribution in [3.63, 3.8) is 0 Å². The predicted octanol–water partition coefficient (Wildman–Crippen LogP) is 4.51. The Balaban J connectivity index is 2.80. The number of benzene rings is 1. The van der Waals surface area contributed by atoms with Gasteiger partial charge < -0.3 is 0 Å². The summed E-state index contributed by atoms with van der Waals surface area (Å²) in [6.45, 7) is 4.37. The lowest BCUT2D eigenvalue weighted by Crippen LogP contribution is -1.92. The van der Waals surface area contributed by atoms with Crippen molar-refractivity contribution in [2.75, 3.05) is 0 Å².